The SMILES string of the molecule is Cc1cccc(-n2ccn3c(SCCC(C)C)nnc3c2=O)c1. The van der Waals surface area contributed by atoms with E-state index in [4.69, 9.17) is 0 Å². The third-order valence-electron chi connectivity index (χ3n) is 3.65. The Bertz CT molecular complexity index is 882. The summed E-state index contributed by atoms with van der Waals surface area (Å²) in [5, 5.41) is 9.02. The van der Waals surface area contributed by atoms with Crippen molar-refractivity contribution in [3.63, 3.8) is 0 Å². The van der Waals surface area contributed by atoms with E-state index in [9.17, 15) is 4.79 Å². The zero-order valence-electron chi connectivity index (χ0n) is 13.6. The van der Waals surface area contributed by atoms with Crippen molar-refractivity contribution < 1.29 is 0 Å². The lowest BCUT2D eigenvalue weighted by Gasteiger charge is -2.07. The number of aryl methyl sites for hydroxylation is 1. The van der Waals surface area contributed by atoms with Gasteiger partial charge in [0.05, 0.1) is 0 Å². The van der Waals surface area contributed by atoms with Crippen LogP contribution in [-0.2, 0) is 0 Å². The van der Waals surface area contributed by atoms with Crippen LogP contribution in [0.25, 0.3) is 11.3 Å². The molecular weight excluding hydrogens is 308 g/mol. The third kappa shape index (κ3) is 3.32. The largest absolute Gasteiger partial charge is 0.300 e. The topological polar surface area (TPSA) is 52.2 Å². The number of hydrogen-bond donors (Lipinski definition) is 0. The predicted molar refractivity (Wildman–Crippen MR) is 93.5 cm³/mol. The van der Waals surface area contributed by atoms with Crippen LogP contribution < -0.4 is 5.56 Å². The summed E-state index contributed by atoms with van der Waals surface area (Å²) < 4.78 is 3.39. The Morgan fingerprint density at radius 2 is 2.04 bits per heavy atom. The zero-order valence-corrected chi connectivity index (χ0v) is 14.4. The summed E-state index contributed by atoms with van der Waals surface area (Å²) in [6.07, 6.45) is 4.75. The molecule has 2 heterocycles. The summed E-state index contributed by atoms with van der Waals surface area (Å²) in [7, 11) is 0. The first-order valence-corrected chi connectivity index (χ1v) is 8.71. The van der Waals surface area contributed by atoms with E-state index in [-0.39, 0.29) is 5.56 Å². The van der Waals surface area contributed by atoms with Crippen LogP contribution in [0, 0.1) is 12.8 Å². The molecule has 3 rings (SSSR count). The van der Waals surface area contributed by atoms with E-state index >= 15 is 0 Å². The number of aromatic nitrogens is 4. The first-order valence-electron chi connectivity index (χ1n) is 7.72. The summed E-state index contributed by atoms with van der Waals surface area (Å²) in [5.41, 5.74) is 2.16. The Labute approximate surface area is 139 Å². The highest BCUT2D eigenvalue weighted by atomic mass is 32.2. The van der Waals surface area contributed by atoms with Crippen molar-refractivity contribution in [3.05, 3.63) is 52.6 Å². The van der Waals surface area contributed by atoms with Gasteiger partial charge in [-0.25, -0.2) is 0 Å². The van der Waals surface area contributed by atoms with E-state index in [1.54, 1.807) is 26.9 Å². The van der Waals surface area contributed by atoms with Crippen molar-refractivity contribution in [1.29, 1.82) is 0 Å². The Kier molecular flexibility index (Phi) is 4.52. The summed E-state index contributed by atoms with van der Waals surface area (Å²) in [4.78, 5) is 12.7. The van der Waals surface area contributed by atoms with Crippen molar-refractivity contribution in [2.45, 2.75) is 32.3 Å². The summed E-state index contributed by atoms with van der Waals surface area (Å²) in [6.45, 7) is 6.40. The fraction of sp³-hybridized carbons (Fsp3) is 0.353. The third-order valence-corrected chi connectivity index (χ3v) is 4.62. The molecule has 0 aliphatic rings. The molecule has 0 saturated heterocycles. The molecule has 0 amide bonds. The lowest BCUT2D eigenvalue weighted by molar-refractivity contribution is 0.631. The first-order chi connectivity index (χ1) is 11.1. The van der Waals surface area contributed by atoms with E-state index in [0.29, 0.717) is 11.6 Å². The molecule has 2 aromatic heterocycles. The minimum atomic E-state index is -0.152. The van der Waals surface area contributed by atoms with Crippen LogP contribution in [0.2, 0.25) is 0 Å². The van der Waals surface area contributed by atoms with Gasteiger partial charge in [0, 0.05) is 23.8 Å². The molecule has 0 bridgehead atoms. The molecule has 0 N–H and O–H groups in total. The van der Waals surface area contributed by atoms with Crippen LogP contribution in [0.15, 0.2) is 46.6 Å². The Hall–Kier alpha value is -2.08. The van der Waals surface area contributed by atoms with E-state index < -0.39 is 0 Å². The molecule has 0 aliphatic carbocycles. The molecule has 0 spiro atoms. The predicted octanol–water partition coefficient (Wildman–Crippen LogP) is 3.33. The lowest BCUT2D eigenvalue weighted by Crippen LogP contribution is -2.20. The van der Waals surface area contributed by atoms with Crippen LogP contribution in [0.3, 0.4) is 0 Å². The van der Waals surface area contributed by atoms with Gasteiger partial charge in [0.15, 0.2) is 5.16 Å². The average molecular weight is 328 g/mol. The van der Waals surface area contributed by atoms with E-state index in [0.717, 1.165) is 28.6 Å². The first kappa shape index (κ1) is 15.8. The molecule has 3 aromatic rings. The normalized spacial score (nSPS) is 11.5. The molecule has 0 saturated carbocycles. The maximum Gasteiger partial charge on any atom is 0.300 e. The molecule has 6 heteroatoms. The van der Waals surface area contributed by atoms with Gasteiger partial charge in [0.2, 0.25) is 5.65 Å². The van der Waals surface area contributed by atoms with E-state index in [1.807, 2.05) is 37.4 Å². The monoisotopic (exact) mass is 328 g/mol. The van der Waals surface area contributed by atoms with Crippen LogP contribution >= 0.6 is 11.8 Å². The highest BCUT2D eigenvalue weighted by Gasteiger charge is 2.12. The molecule has 120 valence electrons. The van der Waals surface area contributed by atoms with Crippen LogP contribution in [0.1, 0.15) is 25.8 Å². The van der Waals surface area contributed by atoms with Gasteiger partial charge >= 0.3 is 5.56 Å². The van der Waals surface area contributed by atoms with Crippen LogP contribution in [0.5, 0.6) is 0 Å². The molecule has 0 atom stereocenters. The molecule has 23 heavy (non-hydrogen) atoms. The number of thioether (sulfide) groups is 1. The van der Waals surface area contributed by atoms with Crippen molar-refractivity contribution in [2.24, 2.45) is 5.92 Å². The van der Waals surface area contributed by atoms with Gasteiger partial charge in [0.1, 0.15) is 0 Å². The number of hydrogen-bond acceptors (Lipinski definition) is 4. The lowest BCUT2D eigenvalue weighted by atomic mass is 10.2. The van der Waals surface area contributed by atoms with Crippen LogP contribution in [0.4, 0.5) is 0 Å². The second-order valence-electron chi connectivity index (χ2n) is 6.02. The number of benzene rings is 1. The van der Waals surface area contributed by atoms with E-state index in [1.165, 1.54) is 0 Å². The molecule has 0 aliphatic heterocycles. The Balaban J connectivity index is 1.96. The number of rotatable bonds is 5. The molecule has 0 unspecified atom stereocenters. The summed E-state index contributed by atoms with van der Waals surface area (Å²) in [6, 6.07) is 7.85. The minimum absolute atomic E-state index is 0.152. The highest BCUT2D eigenvalue weighted by molar-refractivity contribution is 7.99. The second kappa shape index (κ2) is 6.58. The van der Waals surface area contributed by atoms with Crippen molar-refractivity contribution in [1.82, 2.24) is 19.2 Å². The molecule has 5 nitrogen and oxygen atoms in total. The highest BCUT2D eigenvalue weighted by Crippen LogP contribution is 2.18. The van der Waals surface area contributed by atoms with Gasteiger partial charge in [-0.1, -0.05) is 37.7 Å². The Morgan fingerprint density at radius 3 is 2.78 bits per heavy atom. The van der Waals surface area contributed by atoms with Gasteiger partial charge in [-0.2, -0.15) is 0 Å². The van der Waals surface area contributed by atoms with Gasteiger partial charge in [-0.05, 0) is 37.0 Å². The summed E-state index contributed by atoms with van der Waals surface area (Å²) >= 11 is 1.64. The maximum absolute atomic E-state index is 12.7. The zero-order chi connectivity index (χ0) is 16.4. The molecule has 1 aromatic carbocycles. The van der Waals surface area contributed by atoms with Gasteiger partial charge in [-0.15, -0.1) is 10.2 Å². The van der Waals surface area contributed by atoms with Gasteiger partial charge < -0.3 is 0 Å². The smallest absolute Gasteiger partial charge is 0.280 e. The summed E-state index contributed by atoms with van der Waals surface area (Å²) in [5.74, 6) is 1.62. The second-order valence-corrected chi connectivity index (χ2v) is 7.08. The fourth-order valence-electron chi connectivity index (χ4n) is 2.33. The Morgan fingerprint density at radius 1 is 1.22 bits per heavy atom. The quantitative estimate of drug-likeness (QED) is 0.674. The van der Waals surface area contributed by atoms with Crippen molar-refractivity contribution in [3.8, 4) is 5.69 Å². The molecular formula is C17H20N4OS. The average Bonchev–Trinajstić information content (AvgIpc) is 2.91. The van der Waals surface area contributed by atoms with Crippen molar-refractivity contribution >= 4 is 17.4 Å². The maximum atomic E-state index is 12.7. The van der Waals surface area contributed by atoms with Crippen LogP contribution in [-0.4, -0.2) is 24.9 Å². The molecule has 0 radical (unpaired) electrons. The standard InChI is InChI=1S/C17H20N4OS/c1-12(2)7-10-23-17-19-18-15-16(22)20(8-9-21(15)17)14-6-4-5-13(3)11-14/h4-6,8-9,11-12H,7,10H2,1-3H3. The van der Waals surface area contributed by atoms with Gasteiger partial charge in [0.25, 0.3) is 0 Å². The number of nitrogens with zero attached hydrogens (tertiary/aromatic N) is 4. The van der Waals surface area contributed by atoms with Gasteiger partial charge in [-0.3, -0.25) is 13.8 Å². The van der Waals surface area contributed by atoms with Crippen molar-refractivity contribution in [2.75, 3.05) is 5.75 Å². The fourth-order valence-corrected chi connectivity index (χ4v) is 3.49. The molecule has 0 fully saturated rings. The van der Waals surface area contributed by atoms with E-state index in [2.05, 4.69) is 24.0 Å². The number of fused-ring (bicyclic) bond motifs is 1. The minimum Gasteiger partial charge on any atom is -0.280 e.